The summed E-state index contributed by atoms with van der Waals surface area (Å²) in [5.74, 6) is 1.65. The van der Waals surface area contributed by atoms with Crippen LogP contribution in [0.4, 0.5) is 16.3 Å². The zero-order chi connectivity index (χ0) is 28.5. The average Bonchev–Trinajstić information content (AvgIpc) is 3.82. The van der Waals surface area contributed by atoms with E-state index in [1.807, 2.05) is 24.3 Å². The van der Waals surface area contributed by atoms with Crippen molar-refractivity contribution in [1.82, 2.24) is 9.97 Å². The van der Waals surface area contributed by atoms with Crippen LogP contribution in [0.5, 0.6) is 5.75 Å². The molecule has 0 bridgehead atoms. The third-order valence-electron chi connectivity index (χ3n) is 8.42. The number of rotatable bonds is 7. The Labute approximate surface area is 241 Å². The van der Waals surface area contributed by atoms with Gasteiger partial charge in [0.25, 0.3) is 0 Å². The standard InChI is InChI=1S/C31H36N4O5S/c1-22-21-39-19-18-35(22)28-20-27(31(16-17-31)41(37,38)26-10-6-3-7-11-26)33-29(34-28)23-12-14-24(15-13-23)32-30(36)40-25-8-4-2-5-9-25/h2,4-5,8-9,12-15,20,22,26H,3,6-7,10-11,16-19,21H2,1H3,(H,32,36)/t22-/m0/s1. The van der Waals surface area contributed by atoms with Crippen LogP contribution in [0.3, 0.4) is 0 Å². The first-order chi connectivity index (χ1) is 19.9. The summed E-state index contributed by atoms with van der Waals surface area (Å²) in [5, 5.41) is 2.43. The van der Waals surface area contributed by atoms with E-state index in [-0.39, 0.29) is 11.3 Å². The van der Waals surface area contributed by atoms with Crippen molar-refractivity contribution in [3.05, 3.63) is 66.4 Å². The van der Waals surface area contributed by atoms with Crippen LogP contribution in [0.15, 0.2) is 60.7 Å². The van der Waals surface area contributed by atoms with Gasteiger partial charge >= 0.3 is 6.09 Å². The molecule has 9 nitrogen and oxygen atoms in total. The lowest BCUT2D eigenvalue weighted by Crippen LogP contribution is -2.44. The van der Waals surface area contributed by atoms with Crippen molar-refractivity contribution >= 4 is 27.4 Å². The Balaban J connectivity index is 1.31. The minimum atomic E-state index is -3.40. The molecule has 216 valence electrons. The summed E-state index contributed by atoms with van der Waals surface area (Å²) in [5.41, 5.74) is 1.89. The molecule has 3 fully saturated rings. The van der Waals surface area contributed by atoms with Gasteiger partial charge in [-0.2, -0.15) is 0 Å². The lowest BCUT2D eigenvalue weighted by molar-refractivity contribution is 0.0985. The van der Waals surface area contributed by atoms with E-state index in [2.05, 4.69) is 17.1 Å². The average molecular weight is 577 g/mol. The van der Waals surface area contributed by atoms with Crippen molar-refractivity contribution in [2.45, 2.75) is 67.9 Å². The predicted molar refractivity (Wildman–Crippen MR) is 158 cm³/mol. The molecule has 1 atom stereocenters. The fraction of sp³-hybridized carbons (Fsp3) is 0.452. The number of nitrogens with zero attached hydrogens (tertiary/aromatic N) is 3. The van der Waals surface area contributed by atoms with Crippen LogP contribution in [0, 0.1) is 0 Å². The monoisotopic (exact) mass is 576 g/mol. The van der Waals surface area contributed by atoms with Gasteiger partial charge in [0, 0.05) is 23.9 Å². The molecule has 1 saturated heterocycles. The Bertz CT molecular complexity index is 1490. The first-order valence-electron chi connectivity index (χ1n) is 14.5. The van der Waals surface area contributed by atoms with Crippen molar-refractivity contribution in [3.63, 3.8) is 0 Å². The maximum absolute atomic E-state index is 14.0. The minimum Gasteiger partial charge on any atom is -0.410 e. The lowest BCUT2D eigenvalue weighted by atomic mass is 10.0. The fourth-order valence-electron chi connectivity index (χ4n) is 5.95. The highest BCUT2D eigenvalue weighted by Gasteiger charge is 2.59. The number of para-hydroxylation sites is 1. The first-order valence-corrected chi connectivity index (χ1v) is 16.0. The Hall–Kier alpha value is -3.50. The summed E-state index contributed by atoms with van der Waals surface area (Å²) < 4.78 is 38.0. The van der Waals surface area contributed by atoms with Gasteiger partial charge in [0.2, 0.25) is 0 Å². The Morgan fingerprint density at radius 1 is 1.02 bits per heavy atom. The molecule has 41 heavy (non-hydrogen) atoms. The van der Waals surface area contributed by atoms with Crippen LogP contribution in [0.1, 0.15) is 57.6 Å². The number of sulfone groups is 1. The molecule has 0 radical (unpaired) electrons. The van der Waals surface area contributed by atoms with Gasteiger partial charge < -0.3 is 14.4 Å². The highest BCUT2D eigenvalue weighted by atomic mass is 32.2. The molecule has 1 aliphatic heterocycles. The maximum Gasteiger partial charge on any atom is 0.417 e. The van der Waals surface area contributed by atoms with E-state index in [9.17, 15) is 13.2 Å². The number of carbonyl (C=O) groups excluding carboxylic acids is 1. The van der Waals surface area contributed by atoms with Crippen LogP contribution in [-0.4, -0.2) is 55.5 Å². The summed E-state index contributed by atoms with van der Waals surface area (Å²) >= 11 is 0. The minimum absolute atomic E-state index is 0.103. The van der Waals surface area contributed by atoms with Crippen LogP contribution in [0.2, 0.25) is 0 Å². The van der Waals surface area contributed by atoms with Crippen molar-refractivity contribution in [2.24, 2.45) is 0 Å². The Kier molecular flexibility index (Phi) is 7.70. The number of amides is 1. The fourth-order valence-corrected chi connectivity index (χ4v) is 8.61. The molecule has 10 heteroatoms. The number of carbonyl (C=O) groups is 1. The second-order valence-electron chi connectivity index (χ2n) is 11.3. The highest BCUT2D eigenvalue weighted by Crippen LogP contribution is 2.55. The second-order valence-corrected chi connectivity index (χ2v) is 13.8. The maximum atomic E-state index is 14.0. The molecule has 2 saturated carbocycles. The van der Waals surface area contributed by atoms with E-state index in [4.69, 9.17) is 19.4 Å². The number of ether oxygens (including phenoxy) is 2. The highest BCUT2D eigenvalue weighted by molar-refractivity contribution is 7.93. The van der Waals surface area contributed by atoms with Crippen molar-refractivity contribution < 1.29 is 22.7 Å². The number of nitrogens with one attached hydrogen (secondary N) is 1. The first kappa shape index (κ1) is 27.7. The van der Waals surface area contributed by atoms with Crippen LogP contribution in [-0.2, 0) is 19.3 Å². The molecule has 0 spiro atoms. The van der Waals surface area contributed by atoms with E-state index in [0.717, 1.165) is 43.5 Å². The zero-order valence-electron chi connectivity index (χ0n) is 23.3. The van der Waals surface area contributed by atoms with E-state index in [1.54, 1.807) is 36.4 Å². The molecule has 1 amide bonds. The van der Waals surface area contributed by atoms with E-state index < -0.39 is 20.7 Å². The van der Waals surface area contributed by atoms with Crippen LogP contribution >= 0.6 is 0 Å². The van der Waals surface area contributed by atoms with E-state index in [0.29, 0.717) is 55.6 Å². The molecule has 0 unspecified atom stereocenters. The third-order valence-corrected chi connectivity index (χ3v) is 11.5. The second kappa shape index (κ2) is 11.4. The molecule has 3 aromatic rings. The number of hydrogen-bond acceptors (Lipinski definition) is 8. The summed E-state index contributed by atoms with van der Waals surface area (Å²) in [6, 6.07) is 18.1. The topological polar surface area (TPSA) is 111 Å². The van der Waals surface area contributed by atoms with Crippen molar-refractivity contribution in [1.29, 1.82) is 0 Å². The quantitative estimate of drug-likeness (QED) is 0.381. The molecule has 3 aliphatic rings. The number of hydrogen-bond donors (Lipinski definition) is 1. The molecular formula is C31H36N4O5S. The normalized spacial score (nSPS) is 20.8. The summed E-state index contributed by atoms with van der Waals surface area (Å²) in [6.45, 7) is 3.93. The van der Waals surface area contributed by atoms with E-state index >= 15 is 0 Å². The molecule has 6 rings (SSSR count). The molecular weight excluding hydrogens is 540 g/mol. The number of anilines is 2. The van der Waals surface area contributed by atoms with Gasteiger partial charge in [-0.05, 0) is 69.0 Å². The zero-order valence-corrected chi connectivity index (χ0v) is 24.1. The third kappa shape index (κ3) is 5.67. The molecule has 2 aliphatic carbocycles. The van der Waals surface area contributed by atoms with Crippen LogP contribution in [0.25, 0.3) is 11.4 Å². The molecule has 1 N–H and O–H groups in total. The Morgan fingerprint density at radius 2 is 1.76 bits per heavy atom. The predicted octanol–water partition coefficient (Wildman–Crippen LogP) is 5.72. The van der Waals surface area contributed by atoms with Crippen molar-refractivity contribution in [3.8, 4) is 17.1 Å². The largest absolute Gasteiger partial charge is 0.417 e. The van der Waals surface area contributed by atoms with Crippen molar-refractivity contribution in [2.75, 3.05) is 30.0 Å². The molecule has 1 aromatic heterocycles. The van der Waals surface area contributed by atoms with Gasteiger partial charge in [-0.15, -0.1) is 0 Å². The van der Waals surface area contributed by atoms with Gasteiger partial charge in [-0.1, -0.05) is 37.5 Å². The van der Waals surface area contributed by atoms with Gasteiger partial charge in [0.15, 0.2) is 15.7 Å². The number of morpholine rings is 1. The summed E-state index contributed by atoms with van der Waals surface area (Å²) in [7, 11) is -3.40. The molecule has 2 heterocycles. The van der Waals surface area contributed by atoms with Crippen LogP contribution < -0.4 is 15.0 Å². The van der Waals surface area contributed by atoms with Gasteiger partial charge in [-0.3, -0.25) is 5.32 Å². The number of benzene rings is 2. The van der Waals surface area contributed by atoms with Gasteiger partial charge in [0.1, 0.15) is 16.3 Å². The van der Waals surface area contributed by atoms with E-state index in [1.165, 1.54) is 0 Å². The van der Waals surface area contributed by atoms with Gasteiger partial charge in [0.05, 0.1) is 30.2 Å². The molecule has 2 aromatic carbocycles. The summed E-state index contributed by atoms with van der Waals surface area (Å²) in [4.78, 5) is 24.3. The number of aromatic nitrogens is 2. The van der Waals surface area contributed by atoms with Gasteiger partial charge in [-0.25, -0.2) is 23.2 Å². The smallest absolute Gasteiger partial charge is 0.410 e. The summed E-state index contributed by atoms with van der Waals surface area (Å²) in [6.07, 6.45) is 5.08. The lowest BCUT2D eigenvalue weighted by Gasteiger charge is -2.35. The SMILES string of the molecule is C[C@H]1COCCN1c1cc(C2(S(=O)(=O)C3CCCCC3)CC2)nc(-c2ccc(NC(=O)Oc3ccccc3)cc2)n1. The Morgan fingerprint density at radius 3 is 2.44 bits per heavy atom.